The van der Waals surface area contributed by atoms with E-state index in [9.17, 15) is 4.79 Å². The van der Waals surface area contributed by atoms with Gasteiger partial charge in [0.2, 0.25) is 5.91 Å². The minimum atomic E-state index is -0.0769. The van der Waals surface area contributed by atoms with E-state index in [1.54, 1.807) is 7.11 Å². The Hall–Kier alpha value is -0.610. The second-order valence-electron chi connectivity index (χ2n) is 4.41. The van der Waals surface area contributed by atoms with Crippen LogP contribution in [-0.2, 0) is 9.53 Å². The van der Waals surface area contributed by atoms with Crippen LogP contribution in [0.15, 0.2) is 0 Å². The first-order chi connectivity index (χ1) is 7.19. The second kappa shape index (κ2) is 6.08. The molecular formula is C11H22N2O2. The van der Waals surface area contributed by atoms with Crippen molar-refractivity contribution in [2.75, 3.05) is 33.4 Å². The lowest BCUT2D eigenvalue weighted by atomic mass is 9.70. The van der Waals surface area contributed by atoms with Crippen LogP contribution in [0.1, 0.15) is 26.2 Å². The summed E-state index contributed by atoms with van der Waals surface area (Å²) in [5.41, 5.74) is -0.0769. The van der Waals surface area contributed by atoms with Crippen molar-refractivity contribution in [3.63, 3.8) is 0 Å². The van der Waals surface area contributed by atoms with E-state index in [2.05, 4.69) is 10.6 Å². The average molecular weight is 214 g/mol. The van der Waals surface area contributed by atoms with Gasteiger partial charge in [0.1, 0.15) is 0 Å². The highest BCUT2D eigenvalue weighted by molar-refractivity contribution is 5.82. The fourth-order valence-electron chi connectivity index (χ4n) is 1.71. The second-order valence-corrected chi connectivity index (χ2v) is 4.41. The summed E-state index contributed by atoms with van der Waals surface area (Å²) >= 11 is 0. The van der Waals surface area contributed by atoms with Crippen molar-refractivity contribution in [2.24, 2.45) is 5.41 Å². The largest absolute Gasteiger partial charge is 0.383 e. The summed E-state index contributed by atoms with van der Waals surface area (Å²) in [7, 11) is 1.68. The van der Waals surface area contributed by atoms with Crippen LogP contribution in [0.2, 0.25) is 0 Å². The van der Waals surface area contributed by atoms with Crippen LogP contribution in [0.3, 0.4) is 0 Å². The number of carbonyl (C=O) groups excluding carboxylic acids is 1. The molecule has 1 rings (SSSR count). The number of methoxy groups -OCH3 is 1. The number of nitrogens with one attached hydrogen (secondary N) is 2. The van der Waals surface area contributed by atoms with Crippen molar-refractivity contribution in [1.82, 2.24) is 10.6 Å². The summed E-state index contributed by atoms with van der Waals surface area (Å²) in [5.74, 6) is 0.210. The Morgan fingerprint density at radius 3 is 2.60 bits per heavy atom. The normalized spacial score (nSPS) is 18.3. The molecule has 1 saturated carbocycles. The first kappa shape index (κ1) is 12.5. The van der Waals surface area contributed by atoms with Crippen LogP contribution in [0, 0.1) is 5.41 Å². The molecule has 0 atom stereocenters. The van der Waals surface area contributed by atoms with Crippen molar-refractivity contribution in [2.45, 2.75) is 26.2 Å². The van der Waals surface area contributed by atoms with Gasteiger partial charge in [0, 0.05) is 32.2 Å². The molecule has 0 aromatic rings. The number of rotatable bonds is 7. The summed E-state index contributed by atoms with van der Waals surface area (Å²) in [6.45, 7) is 5.11. The summed E-state index contributed by atoms with van der Waals surface area (Å²) in [6, 6.07) is 0. The third-order valence-electron chi connectivity index (χ3n) is 3.08. The van der Waals surface area contributed by atoms with Gasteiger partial charge in [-0.1, -0.05) is 13.3 Å². The Morgan fingerprint density at radius 2 is 2.07 bits per heavy atom. The Bertz CT molecular complexity index is 203. The van der Waals surface area contributed by atoms with Crippen LogP contribution in [-0.4, -0.2) is 39.3 Å². The van der Waals surface area contributed by atoms with Gasteiger partial charge in [-0.05, 0) is 12.8 Å². The van der Waals surface area contributed by atoms with E-state index in [0.29, 0.717) is 13.2 Å². The number of ether oxygens (including phenoxy) is 1. The number of amides is 1. The van der Waals surface area contributed by atoms with E-state index in [1.807, 2.05) is 6.92 Å². The molecule has 0 heterocycles. The predicted octanol–water partition coefficient (Wildman–Crippen LogP) is 0.529. The molecule has 1 fully saturated rings. The fraction of sp³-hybridized carbons (Fsp3) is 0.909. The summed E-state index contributed by atoms with van der Waals surface area (Å²) in [4.78, 5) is 11.7. The van der Waals surface area contributed by atoms with Crippen molar-refractivity contribution in [1.29, 1.82) is 0 Å². The fourth-order valence-corrected chi connectivity index (χ4v) is 1.71. The maximum atomic E-state index is 11.7. The number of hydrogen-bond acceptors (Lipinski definition) is 3. The van der Waals surface area contributed by atoms with Gasteiger partial charge in [0.05, 0.1) is 6.61 Å². The van der Waals surface area contributed by atoms with Gasteiger partial charge in [-0.2, -0.15) is 0 Å². The minimum absolute atomic E-state index is 0.0769. The number of carbonyl (C=O) groups is 1. The lowest BCUT2D eigenvalue weighted by Crippen LogP contribution is -2.45. The lowest BCUT2D eigenvalue weighted by molar-refractivity contribution is -0.134. The third kappa shape index (κ3) is 3.80. The van der Waals surface area contributed by atoms with Gasteiger partial charge in [0.25, 0.3) is 0 Å². The SMILES string of the molecule is COCCNCCNC(=O)C1(C)CCC1. The average Bonchev–Trinajstić information content (AvgIpc) is 2.19. The molecule has 1 aliphatic rings. The molecule has 0 radical (unpaired) electrons. The van der Waals surface area contributed by atoms with Crippen LogP contribution in [0.4, 0.5) is 0 Å². The molecular weight excluding hydrogens is 192 g/mol. The van der Waals surface area contributed by atoms with Gasteiger partial charge in [-0.3, -0.25) is 4.79 Å². The standard InChI is InChI=1S/C11H22N2O2/c1-11(4-3-5-11)10(14)13-7-6-12-8-9-15-2/h12H,3-9H2,1-2H3,(H,13,14). The molecule has 88 valence electrons. The molecule has 1 aliphatic carbocycles. The quantitative estimate of drug-likeness (QED) is 0.608. The van der Waals surface area contributed by atoms with Crippen LogP contribution < -0.4 is 10.6 Å². The van der Waals surface area contributed by atoms with Gasteiger partial charge < -0.3 is 15.4 Å². The maximum absolute atomic E-state index is 11.7. The monoisotopic (exact) mass is 214 g/mol. The molecule has 0 saturated heterocycles. The summed E-state index contributed by atoms with van der Waals surface area (Å²) in [5, 5.41) is 6.15. The predicted molar refractivity (Wildman–Crippen MR) is 59.7 cm³/mol. The van der Waals surface area contributed by atoms with Crippen molar-refractivity contribution in [3.05, 3.63) is 0 Å². The van der Waals surface area contributed by atoms with Crippen LogP contribution in [0.5, 0.6) is 0 Å². The highest BCUT2D eigenvalue weighted by Crippen LogP contribution is 2.40. The van der Waals surface area contributed by atoms with Crippen LogP contribution >= 0.6 is 0 Å². The molecule has 0 aromatic carbocycles. The zero-order valence-electron chi connectivity index (χ0n) is 9.77. The zero-order chi connectivity index (χ0) is 11.1. The lowest BCUT2D eigenvalue weighted by Gasteiger charge is -2.36. The molecule has 1 amide bonds. The Morgan fingerprint density at radius 1 is 1.33 bits per heavy atom. The molecule has 0 aliphatic heterocycles. The minimum Gasteiger partial charge on any atom is -0.383 e. The first-order valence-corrected chi connectivity index (χ1v) is 5.67. The Kier molecular flexibility index (Phi) is 5.05. The van der Waals surface area contributed by atoms with Crippen molar-refractivity contribution in [3.8, 4) is 0 Å². The number of hydrogen-bond donors (Lipinski definition) is 2. The van der Waals surface area contributed by atoms with Gasteiger partial charge in [-0.25, -0.2) is 0 Å². The van der Waals surface area contributed by atoms with E-state index in [1.165, 1.54) is 6.42 Å². The van der Waals surface area contributed by atoms with E-state index < -0.39 is 0 Å². The smallest absolute Gasteiger partial charge is 0.225 e. The third-order valence-corrected chi connectivity index (χ3v) is 3.08. The van der Waals surface area contributed by atoms with Gasteiger partial charge >= 0.3 is 0 Å². The highest BCUT2D eigenvalue weighted by atomic mass is 16.5. The Labute approximate surface area is 91.8 Å². The molecule has 4 nitrogen and oxygen atoms in total. The Balaban J connectivity index is 1.97. The molecule has 4 heteroatoms. The molecule has 15 heavy (non-hydrogen) atoms. The molecule has 0 bridgehead atoms. The maximum Gasteiger partial charge on any atom is 0.225 e. The zero-order valence-corrected chi connectivity index (χ0v) is 9.77. The highest BCUT2D eigenvalue weighted by Gasteiger charge is 2.38. The first-order valence-electron chi connectivity index (χ1n) is 5.67. The van der Waals surface area contributed by atoms with Crippen molar-refractivity contribution >= 4 is 5.91 Å². The van der Waals surface area contributed by atoms with E-state index >= 15 is 0 Å². The van der Waals surface area contributed by atoms with E-state index in [4.69, 9.17) is 4.74 Å². The van der Waals surface area contributed by atoms with Gasteiger partial charge in [-0.15, -0.1) is 0 Å². The molecule has 0 unspecified atom stereocenters. The van der Waals surface area contributed by atoms with E-state index in [0.717, 1.165) is 25.9 Å². The molecule has 0 spiro atoms. The topological polar surface area (TPSA) is 50.4 Å². The van der Waals surface area contributed by atoms with E-state index in [-0.39, 0.29) is 11.3 Å². The molecule has 0 aromatic heterocycles. The van der Waals surface area contributed by atoms with Gasteiger partial charge in [0.15, 0.2) is 0 Å². The summed E-state index contributed by atoms with van der Waals surface area (Å²) < 4.78 is 4.90. The molecule has 2 N–H and O–H groups in total. The summed E-state index contributed by atoms with van der Waals surface area (Å²) in [6.07, 6.45) is 3.27. The van der Waals surface area contributed by atoms with Crippen LogP contribution in [0.25, 0.3) is 0 Å². The van der Waals surface area contributed by atoms with Crippen molar-refractivity contribution < 1.29 is 9.53 Å².